The third kappa shape index (κ3) is 4.47. The first-order valence-corrected chi connectivity index (χ1v) is 8.82. The highest BCUT2D eigenvalue weighted by molar-refractivity contribution is 8.18. The van der Waals surface area contributed by atoms with Crippen LogP contribution in [0.4, 0.5) is 14.9 Å². The predicted molar refractivity (Wildman–Crippen MR) is 101 cm³/mol. The summed E-state index contributed by atoms with van der Waals surface area (Å²) in [6.45, 7) is -0.491. The molecule has 1 fully saturated rings. The lowest BCUT2D eigenvalue weighted by Crippen LogP contribution is -2.36. The third-order valence-corrected chi connectivity index (χ3v) is 4.76. The fourth-order valence-electron chi connectivity index (χ4n) is 2.31. The van der Waals surface area contributed by atoms with Crippen LogP contribution < -0.4 is 5.32 Å². The number of nitrogens with one attached hydrogen (secondary N) is 1. The Morgan fingerprint density at radius 1 is 1.26 bits per heavy atom. The van der Waals surface area contributed by atoms with E-state index >= 15 is 0 Å². The molecule has 0 spiro atoms. The summed E-state index contributed by atoms with van der Waals surface area (Å²) >= 11 is 6.51. The Bertz CT molecular complexity index is 980. The molecular formula is C18H12ClFN2O4S. The number of aromatic hydroxyl groups is 1. The minimum Gasteiger partial charge on any atom is -0.506 e. The molecule has 0 radical (unpaired) electrons. The van der Waals surface area contributed by atoms with E-state index in [2.05, 4.69) is 5.32 Å². The lowest BCUT2D eigenvalue weighted by atomic mass is 10.2. The molecule has 0 saturated carbocycles. The number of imide groups is 1. The van der Waals surface area contributed by atoms with Crippen LogP contribution in [0, 0.1) is 5.82 Å². The Kier molecular flexibility index (Phi) is 5.48. The van der Waals surface area contributed by atoms with Crippen LogP contribution in [0.2, 0.25) is 5.02 Å². The fourth-order valence-corrected chi connectivity index (χ4v) is 3.34. The number of carbonyl (C=O) groups is 3. The molecule has 0 aliphatic carbocycles. The first-order valence-electron chi connectivity index (χ1n) is 7.63. The Balaban J connectivity index is 1.71. The van der Waals surface area contributed by atoms with E-state index in [1.54, 1.807) is 0 Å². The average molecular weight is 407 g/mol. The van der Waals surface area contributed by atoms with Gasteiger partial charge in [-0.25, -0.2) is 4.39 Å². The third-order valence-electron chi connectivity index (χ3n) is 3.55. The van der Waals surface area contributed by atoms with Crippen LogP contribution in [0.3, 0.4) is 0 Å². The van der Waals surface area contributed by atoms with Gasteiger partial charge in [-0.15, -0.1) is 0 Å². The first kappa shape index (κ1) is 18.9. The second kappa shape index (κ2) is 7.81. The number of thioether (sulfide) groups is 1. The summed E-state index contributed by atoms with van der Waals surface area (Å²) in [7, 11) is 0. The number of nitrogens with zero attached hydrogens (tertiary/aromatic N) is 1. The van der Waals surface area contributed by atoms with Crippen molar-refractivity contribution in [3.05, 3.63) is 63.8 Å². The number of hydrogen-bond donors (Lipinski definition) is 2. The summed E-state index contributed by atoms with van der Waals surface area (Å²) in [5, 5.41) is 11.4. The molecule has 2 N–H and O–H groups in total. The number of carbonyl (C=O) groups excluding carboxylic acids is 3. The van der Waals surface area contributed by atoms with Crippen LogP contribution in [0.5, 0.6) is 5.75 Å². The molecule has 0 bridgehead atoms. The SMILES string of the molecule is O=C(CN1C(=O)S/C(=C/c2ccc(O)c(Cl)c2)C1=O)Nc1cccc(F)c1. The number of amides is 3. The molecular weight excluding hydrogens is 395 g/mol. The largest absolute Gasteiger partial charge is 0.506 e. The molecule has 27 heavy (non-hydrogen) atoms. The number of phenols is 1. The smallest absolute Gasteiger partial charge is 0.294 e. The number of rotatable bonds is 4. The zero-order valence-electron chi connectivity index (χ0n) is 13.6. The van der Waals surface area contributed by atoms with E-state index in [4.69, 9.17) is 11.6 Å². The van der Waals surface area contributed by atoms with E-state index in [-0.39, 0.29) is 21.4 Å². The Morgan fingerprint density at radius 3 is 2.74 bits per heavy atom. The van der Waals surface area contributed by atoms with Gasteiger partial charge < -0.3 is 10.4 Å². The van der Waals surface area contributed by atoms with Gasteiger partial charge in [0, 0.05) is 5.69 Å². The molecule has 138 valence electrons. The van der Waals surface area contributed by atoms with Crippen molar-refractivity contribution in [1.82, 2.24) is 4.90 Å². The Hall–Kier alpha value is -2.84. The van der Waals surface area contributed by atoms with E-state index in [1.165, 1.54) is 42.5 Å². The molecule has 1 aliphatic heterocycles. The summed E-state index contributed by atoms with van der Waals surface area (Å²) in [5.74, 6) is -1.87. The zero-order chi connectivity index (χ0) is 19.6. The topological polar surface area (TPSA) is 86.7 Å². The van der Waals surface area contributed by atoms with E-state index < -0.39 is 29.4 Å². The van der Waals surface area contributed by atoms with Crippen molar-refractivity contribution in [2.24, 2.45) is 0 Å². The van der Waals surface area contributed by atoms with E-state index in [0.717, 1.165) is 11.0 Å². The maximum absolute atomic E-state index is 13.2. The number of phenolic OH excluding ortho intramolecular Hbond substituents is 1. The van der Waals surface area contributed by atoms with E-state index in [1.807, 2.05) is 0 Å². The highest BCUT2D eigenvalue weighted by Crippen LogP contribution is 2.33. The maximum Gasteiger partial charge on any atom is 0.294 e. The van der Waals surface area contributed by atoms with E-state index in [9.17, 15) is 23.9 Å². The monoisotopic (exact) mass is 406 g/mol. The van der Waals surface area contributed by atoms with Crippen molar-refractivity contribution in [2.75, 3.05) is 11.9 Å². The van der Waals surface area contributed by atoms with Crippen molar-refractivity contribution >= 4 is 52.2 Å². The van der Waals surface area contributed by atoms with Gasteiger partial charge >= 0.3 is 0 Å². The van der Waals surface area contributed by atoms with Gasteiger partial charge in [0.25, 0.3) is 11.1 Å². The number of halogens is 2. The zero-order valence-corrected chi connectivity index (χ0v) is 15.2. The van der Waals surface area contributed by atoms with Crippen molar-refractivity contribution < 1.29 is 23.9 Å². The van der Waals surface area contributed by atoms with E-state index in [0.29, 0.717) is 17.3 Å². The molecule has 0 unspecified atom stereocenters. The lowest BCUT2D eigenvalue weighted by Gasteiger charge is -2.12. The Morgan fingerprint density at radius 2 is 2.04 bits per heavy atom. The fraction of sp³-hybridized carbons (Fsp3) is 0.0556. The molecule has 3 rings (SSSR count). The van der Waals surface area contributed by atoms with Gasteiger partial charge in [0.05, 0.1) is 9.93 Å². The van der Waals surface area contributed by atoms with Gasteiger partial charge in [-0.05, 0) is 53.7 Å². The van der Waals surface area contributed by atoms with Crippen LogP contribution in [0.1, 0.15) is 5.56 Å². The standard InChI is InChI=1S/C18H12ClFN2O4S/c19-13-6-10(4-5-14(13)23)7-15-17(25)22(18(26)27-15)9-16(24)21-12-3-1-2-11(20)8-12/h1-8,23H,9H2,(H,21,24)/b15-7+. The second-order valence-corrected chi connectivity index (χ2v) is 6.94. The summed E-state index contributed by atoms with van der Waals surface area (Å²) in [4.78, 5) is 37.5. The lowest BCUT2D eigenvalue weighted by molar-refractivity contribution is -0.127. The summed E-state index contributed by atoms with van der Waals surface area (Å²) in [6.07, 6.45) is 1.45. The molecule has 2 aromatic rings. The molecule has 1 heterocycles. The molecule has 6 nitrogen and oxygen atoms in total. The molecule has 0 atom stereocenters. The number of benzene rings is 2. The highest BCUT2D eigenvalue weighted by atomic mass is 35.5. The van der Waals surface area contributed by atoms with Gasteiger partial charge in [0.1, 0.15) is 18.1 Å². The van der Waals surface area contributed by atoms with Crippen LogP contribution >= 0.6 is 23.4 Å². The molecule has 0 aromatic heterocycles. The van der Waals surface area contributed by atoms with Crippen molar-refractivity contribution in [3.63, 3.8) is 0 Å². The maximum atomic E-state index is 13.2. The molecule has 3 amide bonds. The minimum atomic E-state index is -0.628. The predicted octanol–water partition coefficient (Wildman–Crippen LogP) is 3.86. The van der Waals surface area contributed by atoms with Crippen LogP contribution in [-0.2, 0) is 9.59 Å². The van der Waals surface area contributed by atoms with Crippen LogP contribution in [-0.4, -0.2) is 33.6 Å². The van der Waals surface area contributed by atoms with Gasteiger partial charge in [-0.1, -0.05) is 23.7 Å². The highest BCUT2D eigenvalue weighted by Gasteiger charge is 2.36. The number of anilines is 1. The van der Waals surface area contributed by atoms with Gasteiger partial charge in [-0.2, -0.15) is 0 Å². The quantitative estimate of drug-likeness (QED) is 0.753. The Labute approximate surface area is 162 Å². The molecule has 1 saturated heterocycles. The second-order valence-electron chi connectivity index (χ2n) is 5.54. The van der Waals surface area contributed by atoms with Gasteiger partial charge in [0.15, 0.2) is 0 Å². The van der Waals surface area contributed by atoms with Crippen LogP contribution in [0.15, 0.2) is 47.4 Å². The number of hydrogen-bond acceptors (Lipinski definition) is 5. The normalized spacial score (nSPS) is 15.5. The summed E-state index contributed by atoms with van der Waals surface area (Å²) in [5.41, 5.74) is 0.744. The van der Waals surface area contributed by atoms with Gasteiger partial charge in [-0.3, -0.25) is 19.3 Å². The minimum absolute atomic E-state index is 0.101. The first-order chi connectivity index (χ1) is 12.8. The van der Waals surface area contributed by atoms with Gasteiger partial charge in [0.2, 0.25) is 5.91 Å². The van der Waals surface area contributed by atoms with Crippen molar-refractivity contribution in [2.45, 2.75) is 0 Å². The van der Waals surface area contributed by atoms with Crippen molar-refractivity contribution in [1.29, 1.82) is 0 Å². The van der Waals surface area contributed by atoms with Crippen LogP contribution in [0.25, 0.3) is 6.08 Å². The molecule has 1 aliphatic rings. The summed E-state index contributed by atoms with van der Waals surface area (Å²) < 4.78 is 13.2. The molecule has 9 heteroatoms. The van der Waals surface area contributed by atoms with Crippen molar-refractivity contribution in [3.8, 4) is 5.75 Å². The average Bonchev–Trinajstić information content (AvgIpc) is 2.85. The summed E-state index contributed by atoms with van der Waals surface area (Å²) in [6, 6.07) is 9.62. The molecule has 2 aromatic carbocycles.